The number of aryl methyl sites for hydroxylation is 1. The Morgan fingerprint density at radius 1 is 1.23 bits per heavy atom. The summed E-state index contributed by atoms with van der Waals surface area (Å²) in [6, 6.07) is 11.9. The Bertz CT molecular complexity index is 1160. The third kappa shape index (κ3) is 4.82. The molecule has 3 aromatic rings. The molecule has 1 amide bonds. The van der Waals surface area contributed by atoms with Crippen molar-refractivity contribution in [2.24, 2.45) is 0 Å². The summed E-state index contributed by atoms with van der Waals surface area (Å²) < 4.78 is 25.2. The zero-order valence-electron chi connectivity index (χ0n) is 16.9. The van der Waals surface area contributed by atoms with Gasteiger partial charge in [-0.15, -0.1) is 11.3 Å². The van der Waals surface area contributed by atoms with Crippen molar-refractivity contribution in [3.63, 3.8) is 0 Å². The second-order valence-electron chi connectivity index (χ2n) is 7.43. The highest BCUT2D eigenvalue weighted by Crippen LogP contribution is 2.26. The minimum Gasteiger partial charge on any atom is -0.311 e. The van der Waals surface area contributed by atoms with Crippen LogP contribution in [0.1, 0.15) is 22.6 Å². The van der Waals surface area contributed by atoms with Crippen LogP contribution in [0.15, 0.2) is 58.9 Å². The molecule has 2 aromatic carbocycles. The average molecular weight is 476 g/mol. The molecule has 1 saturated heterocycles. The van der Waals surface area contributed by atoms with Crippen molar-refractivity contribution in [1.29, 1.82) is 0 Å². The van der Waals surface area contributed by atoms with Crippen molar-refractivity contribution in [2.45, 2.75) is 36.6 Å². The minimum atomic E-state index is -3.48. The normalized spacial score (nSPS) is 16.8. The van der Waals surface area contributed by atoms with Gasteiger partial charge in [-0.2, -0.15) is 0 Å². The maximum atomic E-state index is 12.9. The topological polar surface area (TPSA) is 79.4 Å². The predicted octanol–water partition coefficient (Wildman–Crippen LogP) is 3.97. The fourth-order valence-electron chi connectivity index (χ4n) is 3.64. The number of anilines is 1. The van der Waals surface area contributed by atoms with Gasteiger partial charge in [-0.3, -0.25) is 4.79 Å². The molecular formula is C22H22ClN3O3S2. The number of halogens is 1. The van der Waals surface area contributed by atoms with E-state index in [0.717, 1.165) is 11.1 Å². The van der Waals surface area contributed by atoms with Gasteiger partial charge in [-0.05, 0) is 54.8 Å². The van der Waals surface area contributed by atoms with Crippen molar-refractivity contribution >= 4 is 44.4 Å². The molecule has 31 heavy (non-hydrogen) atoms. The molecule has 9 heteroatoms. The van der Waals surface area contributed by atoms with Crippen LogP contribution in [0.25, 0.3) is 0 Å². The van der Waals surface area contributed by atoms with Crippen LogP contribution < -0.4 is 10.2 Å². The van der Waals surface area contributed by atoms with Crippen LogP contribution in [0.2, 0.25) is 5.02 Å². The lowest BCUT2D eigenvalue weighted by Gasteiger charge is -2.18. The molecule has 6 nitrogen and oxygen atoms in total. The van der Waals surface area contributed by atoms with Gasteiger partial charge in [0.15, 0.2) is 9.84 Å². The van der Waals surface area contributed by atoms with Gasteiger partial charge in [-0.25, -0.2) is 13.4 Å². The fraction of sp³-hybridized carbons (Fsp3) is 0.273. The van der Waals surface area contributed by atoms with Crippen LogP contribution in [-0.2, 0) is 26.9 Å². The molecule has 0 saturated carbocycles. The lowest BCUT2D eigenvalue weighted by atomic mass is 10.1. The number of nitrogens with one attached hydrogen (secondary N) is 1. The first-order chi connectivity index (χ1) is 14.8. The van der Waals surface area contributed by atoms with E-state index in [2.05, 4.69) is 10.3 Å². The Morgan fingerprint density at radius 2 is 2.00 bits per heavy atom. The van der Waals surface area contributed by atoms with Crippen molar-refractivity contribution in [2.75, 3.05) is 11.4 Å². The van der Waals surface area contributed by atoms with Crippen LogP contribution in [0.4, 0.5) is 5.69 Å². The number of aromatic nitrogens is 1. The van der Waals surface area contributed by atoms with Gasteiger partial charge in [-0.1, -0.05) is 23.7 Å². The molecule has 0 bridgehead atoms. The van der Waals surface area contributed by atoms with Gasteiger partial charge in [0.05, 0.1) is 10.9 Å². The first-order valence-electron chi connectivity index (χ1n) is 9.85. The molecule has 0 spiro atoms. The highest BCUT2D eigenvalue weighted by atomic mass is 35.5. The summed E-state index contributed by atoms with van der Waals surface area (Å²) in [6.45, 7) is 3.09. The second kappa shape index (κ2) is 9.08. The Kier molecular flexibility index (Phi) is 6.43. The van der Waals surface area contributed by atoms with Crippen LogP contribution in [-0.4, -0.2) is 31.9 Å². The summed E-state index contributed by atoms with van der Waals surface area (Å²) in [5.74, 6) is -0.150. The summed E-state index contributed by atoms with van der Waals surface area (Å²) in [7, 11) is -3.48. The molecule has 0 aliphatic carbocycles. The number of rotatable bonds is 7. The molecule has 4 rings (SSSR count). The zero-order chi connectivity index (χ0) is 22.0. The molecule has 1 aliphatic heterocycles. The number of hydrogen-bond acceptors (Lipinski definition) is 6. The van der Waals surface area contributed by atoms with E-state index < -0.39 is 9.84 Å². The number of thiazole rings is 1. The Hall–Kier alpha value is -2.26. The summed E-state index contributed by atoms with van der Waals surface area (Å²) in [5, 5.41) is 6.31. The van der Waals surface area contributed by atoms with Gasteiger partial charge >= 0.3 is 0 Å². The molecule has 1 N–H and O–H groups in total. The number of carbonyl (C=O) groups excluding carboxylic acids is 1. The molecule has 1 aromatic heterocycles. The van der Waals surface area contributed by atoms with Crippen molar-refractivity contribution in [3.8, 4) is 0 Å². The van der Waals surface area contributed by atoms with Crippen LogP contribution >= 0.6 is 22.9 Å². The molecule has 1 unspecified atom stereocenters. The van der Waals surface area contributed by atoms with Crippen molar-refractivity contribution in [1.82, 2.24) is 10.3 Å². The molecule has 1 aliphatic rings. The lowest BCUT2D eigenvalue weighted by Crippen LogP contribution is -2.38. The zero-order valence-corrected chi connectivity index (χ0v) is 19.3. The second-order valence-corrected chi connectivity index (χ2v) is 10.8. The maximum absolute atomic E-state index is 12.9. The third-order valence-electron chi connectivity index (χ3n) is 5.39. The minimum absolute atomic E-state index is 0.0249. The first kappa shape index (κ1) is 22.0. The van der Waals surface area contributed by atoms with E-state index in [0.29, 0.717) is 35.2 Å². The Labute approximate surface area is 190 Å². The van der Waals surface area contributed by atoms with Crippen molar-refractivity contribution in [3.05, 3.63) is 75.2 Å². The third-order valence-corrected chi connectivity index (χ3v) is 8.35. The van der Waals surface area contributed by atoms with E-state index in [1.54, 1.807) is 40.7 Å². The van der Waals surface area contributed by atoms with E-state index in [-0.39, 0.29) is 22.6 Å². The van der Waals surface area contributed by atoms with E-state index in [1.165, 1.54) is 11.3 Å². The number of nitrogens with zero attached hydrogens (tertiary/aromatic N) is 2. The number of hydrogen-bond donors (Lipinski definition) is 1. The monoisotopic (exact) mass is 475 g/mol. The molecule has 162 valence electrons. The standard InChI is InChI=1S/C22H22ClN3O3S2/c1-15-3-2-4-19(23)18(15)13-25-20-9-11-26(22(20)27)16-5-7-17(8-6-16)31(28,29)14-21-24-10-12-30-21/h2-8,10,12,20,25H,9,11,13-14H2,1H3. The molecule has 2 heterocycles. The van der Waals surface area contributed by atoms with Gasteiger partial charge in [0.2, 0.25) is 5.91 Å². The van der Waals surface area contributed by atoms with E-state index in [1.807, 2.05) is 25.1 Å². The maximum Gasteiger partial charge on any atom is 0.244 e. The largest absolute Gasteiger partial charge is 0.311 e. The summed E-state index contributed by atoms with van der Waals surface area (Å²) in [4.78, 5) is 18.9. The van der Waals surface area contributed by atoms with E-state index in [9.17, 15) is 13.2 Å². The molecule has 1 atom stereocenters. The van der Waals surface area contributed by atoms with Gasteiger partial charge in [0, 0.05) is 35.4 Å². The van der Waals surface area contributed by atoms with Crippen LogP contribution in [0.3, 0.4) is 0 Å². The lowest BCUT2D eigenvalue weighted by molar-refractivity contribution is -0.118. The quantitative estimate of drug-likeness (QED) is 0.559. The molecule has 0 radical (unpaired) electrons. The highest BCUT2D eigenvalue weighted by molar-refractivity contribution is 7.90. The van der Waals surface area contributed by atoms with E-state index >= 15 is 0 Å². The Morgan fingerprint density at radius 3 is 2.68 bits per heavy atom. The predicted molar refractivity (Wildman–Crippen MR) is 123 cm³/mol. The van der Waals surface area contributed by atoms with Crippen LogP contribution in [0.5, 0.6) is 0 Å². The van der Waals surface area contributed by atoms with Crippen molar-refractivity contribution < 1.29 is 13.2 Å². The summed E-state index contributed by atoms with van der Waals surface area (Å²) in [6.07, 6.45) is 2.27. The first-order valence-corrected chi connectivity index (χ1v) is 12.8. The molecule has 1 fully saturated rings. The SMILES string of the molecule is Cc1cccc(Cl)c1CNC1CCN(c2ccc(S(=O)(=O)Cc3nccs3)cc2)C1=O. The average Bonchev–Trinajstić information content (AvgIpc) is 3.37. The smallest absolute Gasteiger partial charge is 0.244 e. The number of sulfone groups is 1. The van der Waals surface area contributed by atoms with Gasteiger partial charge < -0.3 is 10.2 Å². The van der Waals surface area contributed by atoms with Gasteiger partial charge in [0.1, 0.15) is 10.8 Å². The number of amides is 1. The fourth-order valence-corrected chi connectivity index (χ4v) is 6.19. The number of carbonyl (C=O) groups is 1. The summed E-state index contributed by atoms with van der Waals surface area (Å²) in [5.41, 5.74) is 2.76. The molecular weight excluding hydrogens is 454 g/mol. The van der Waals surface area contributed by atoms with Gasteiger partial charge in [0.25, 0.3) is 0 Å². The number of benzene rings is 2. The summed E-state index contributed by atoms with van der Waals surface area (Å²) >= 11 is 7.60. The highest BCUT2D eigenvalue weighted by Gasteiger charge is 2.32. The van der Waals surface area contributed by atoms with E-state index in [4.69, 9.17) is 11.6 Å². The van der Waals surface area contributed by atoms with Crippen LogP contribution in [0, 0.1) is 6.92 Å². The Balaban J connectivity index is 1.42.